The van der Waals surface area contributed by atoms with Gasteiger partial charge in [-0.2, -0.15) is 0 Å². The van der Waals surface area contributed by atoms with Crippen LogP contribution in [0.4, 0.5) is 0 Å². The number of carbonyl (C=O) groups excluding carboxylic acids is 1. The minimum Gasteiger partial charge on any atom is -0.350 e. The SMILES string of the molecule is Cc1cccc(C(=O)NCC2CNCCN2C)c1. The number of aryl methyl sites for hydroxylation is 1. The molecule has 1 aliphatic rings. The van der Waals surface area contributed by atoms with E-state index < -0.39 is 0 Å². The zero-order chi connectivity index (χ0) is 13.0. The third-order valence-electron chi connectivity index (χ3n) is 3.42. The second-order valence-corrected chi connectivity index (χ2v) is 4.92. The first kappa shape index (κ1) is 13.1. The van der Waals surface area contributed by atoms with Crippen LogP contribution in [0.2, 0.25) is 0 Å². The van der Waals surface area contributed by atoms with Gasteiger partial charge >= 0.3 is 0 Å². The zero-order valence-corrected chi connectivity index (χ0v) is 11.1. The highest BCUT2D eigenvalue weighted by Crippen LogP contribution is 2.04. The minimum atomic E-state index is 0.0117. The largest absolute Gasteiger partial charge is 0.350 e. The third-order valence-corrected chi connectivity index (χ3v) is 3.42. The Bertz CT molecular complexity index is 419. The van der Waals surface area contributed by atoms with Crippen molar-refractivity contribution in [1.29, 1.82) is 0 Å². The first-order valence-corrected chi connectivity index (χ1v) is 6.42. The second kappa shape index (κ2) is 5.98. The van der Waals surface area contributed by atoms with Crippen molar-refractivity contribution in [2.45, 2.75) is 13.0 Å². The molecule has 2 rings (SSSR count). The number of likely N-dealkylation sites (N-methyl/N-ethyl adjacent to an activating group) is 1. The number of hydrogen-bond acceptors (Lipinski definition) is 3. The van der Waals surface area contributed by atoms with Crippen molar-refractivity contribution in [3.63, 3.8) is 0 Å². The average molecular weight is 247 g/mol. The fraction of sp³-hybridized carbons (Fsp3) is 0.500. The van der Waals surface area contributed by atoms with Crippen LogP contribution in [-0.2, 0) is 0 Å². The number of nitrogens with zero attached hydrogens (tertiary/aromatic N) is 1. The molecule has 0 aliphatic carbocycles. The Kier molecular flexibility index (Phi) is 4.33. The molecule has 1 fully saturated rings. The number of hydrogen-bond donors (Lipinski definition) is 2. The van der Waals surface area contributed by atoms with E-state index in [4.69, 9.17) is 0 Å². The molecule has 0 aromatic heterocycles. The van der Waals surface area contributed by atoms with Gasteiger partial charge in [-0.3, -0.25) is 9.69 Å². The average Bonchev–Trinajstić information content (AvgIpc) is 2.37. The quantitative estimate of drug-likeness (QED) is 0.823. The van der Waals surface area contributed by atoms with Crippen LogP contribution in [-0.4, -0.2) is 50.1 Å². The molecule has 2 N–H and O–H groups in total. The molecule has 0 saturated carbocycles. The van der Waals surface area contributed by atoms with Crippen LogP contribution in [0.3, 0.4) is 0 Å². The topological polar surface area (TPSA) is 44.4 Å². The summed E-state index contributed by atoms with van der Waals surface area (Å²) in [6, 6.07) is 8.06. The van der Waals surface area contributed by atoms with Crippen LogP contribution in [0.1, 0.15) is 15.9 Å². The molecule has 1 aromatic rings. The van der Waals surface area contributed by atoms with Crippen LogP contribution in [0.25, 0.3) is 0 Å². The summed E-state index contributed by atoms with van der Waals surface area (Å²) in [5, 5.41) is 6.35. The number of amides is 1. The third kappa shape index (κ3) is 3.31. The van der Waals surface area contributed by atoms with Gasteiger partial charge in [0.2, 0.25) is 0 Å². The van der Waals surface area contributed by atoms with Gasteiger partial charge < -0.3 is 10.6 Å². The highest BCUT2D eigenvalue weighted by Gasteiger charge is 2.19. The molecule has 1 aliphatic heterocycles. The van der Waals surface area contributed by atoms with E-state index in [2.05, 4.69) is 22.6 Å². The molecule has 1 unspecified atom stereocenters. The summed E-state index contributed by atoms with van der Waals surface area (Å²) in [5.74, 6) is 0.0117. The van der Waals surface area contributed by atoms with Gasteiger partial charge in [0.05, 0.1) is 0 Å². The summed E-state index contributed by atoms with van der Waals surface area (Å²) >= 11 is 0. The van der Waals surface area contributed by atoms with E-state index in [0.29, 0.717) is 12.6 Å². The molecule has 0 radical (unpaired) electrons. The molecule has 98 valence electrons. The second-order valence-electron chi connectivity index (χ2n) is 4.92. The van der Waals surface area contributed by atoms with Gasteiger partial charge in [0.25, 0.3) is 5.91 Å². The Hall–Kier alpha value is -1.39. The monoisotopic (exact) mass is 247 g/mol. The summed E-state index contributed by atoms with van der Waals surface area (Å²) in [6.45, 7) is 5.68. The van der Waals surface area contributed by atoms with Gasteiger partial charge in [-0.05, 0) is 26.1 Å². The molecule has 1 amide bonds. The summed E-state index contributed by atoms with van der Waals surface area (Å²) in [4.78, 5) is 14.3. The predicted molar refractivity (Wildman–Crippen MR) is 72.8 cm³/mol. The molecule has 1 saturated heterocycles. The van der Waals surface area contributed by atoms with Crippen molar-refractivity contribution in [3.8, 4) is 0 Å². The highest BCUT2D eigenvalue weighted by atomic mass is 16.1. The van der Waals surface area contributed by atoms with Crippen LogP contribution < -0.4 is 10.6 Å². The fourth-order valence-corrected chi connectivity index (χ4v) is 2.19. The Morgan fingerprint density at radius 1 is 1.56 bits per heavy atom. The first-order chi connectivity index (χ1) is 8.66. The maximum atomic E-state index is 12.0. The predicted octanol–water partition coefficient (Wildman–Crippen LogP) is 0.628. The Morgan fingerprint density at radius 2 is 2.39 bits per heavy atom. The van der Waals surface area contributed by atoms with Gasteiger partial charge in [-0.15, -0.1) is 0 Å². The van der Waals surface area contributed by atoms with Crippen molar-refractivity contribution in [2.24, 2.45) is 0 Å². The smallest absolute Gasteiger partial charge is 0.251 e. The first-order valence-electron chi connectivity index (χ1n) is 6.42. The van der Waals surface area contributed by atoms with E-state index in [1.807, 2.05) is 31.2 Å². The lowest BCUT2D eigenvalue weighted by atomic mass is 10.1. The normalized spacial score (nSPS) is 20.7. The van der Waals surface area contributed by atoms with E-state index in [-0.39, 0.29) is 5.91 Å². The minimum absolute atomic E-state index is 0.0117. The van der Waals surface area contributed by atoms with Gasteiger partial charge in [0, 0.05) is 37.8 Å². The van der Waals surface area contributed by atoms with E-state index >= 15 is 0 Å². The lowest BCUT2D eigenvalue weighted by Gasteiger charge is -2.33. The van der Waals surface area contributed by atoms with Crippen LogP contribution in [0.5, 0.6) is 0 Å². The van der Waals surface area contributed by atoms with Crippen molar-refractivity contribution >= 4 is 5.91 Å². The number of rotatable bonds is 3. The molecule has 1 heterocycles. The fourth-order valence-electron chi connectivity index (χ4n) is 2.19. The van der Waals surface area contributed by atoms with E-state index in [9.17, 15) is 4.79 Å². The molecular weight excluding hydrogens is 226 g/mol. The van der Waals surface area contributed by atoms with E-state index in [0.717, 1.165) is 30.8 Å². The lowest BCUT2D eigenvalue weighted by Crippen LogP contribution is -2.53. The van der Waals surface area contributed by atoms with Gasteiger partial charge in [-0.1, -0.05) is 17.7 Å². The summed E-state index contributed by atoms with van der Waals surface area (Å²) in [7, 11) is 2.10. The molecule has 0 spiro atoms. The van der Waals surface area contributed by atoms with Crippen LogP contribution in [0, 0.1) is 6.92 Å². The summed E-state index contributed by atoms with van der Waals surface area (Å²) < 4.78 is 0. The van der Waals surface area contributed by atoms with Gasteiger partial charge in [-0.25, -0.2) is 0 Å². The molecule has 4 nitrogen and oxygen atoms in total. The summed E-state index contributed by atoms with van der Waals surface area (Å²) in [5.41, 5.74) is 1.85. The molecule has 1 aromatic carbocycles. The Balaban J connectivity index is 1.88. The Morgan fingerprint density at radius 3 is 3.11 bits per heavy atom. The van der Waals surface area contributed by atoms with Gasteiger partial charge in [0.15, 0.2) is 0 Å². The molecular formula is C14H21N3O. The van der Waals surface area contributed by atoms with Crippen molar-refractivity contribution in [2.75, 3.05) is 33.2 Å². The lowest BCUT2D eigenvalue weighted by molar-refractivity contribution is 0.0932. The molecule has 4 heteroatoms. The van der Waals surface area contributed by atoms with Crippen molar-refractivity contribution in [3.05, 3.63) is 35.4 Å². The zero-order valence-electron chi connectivity index (χ0n) is 11.1. The summed E-state index contributed by atoms with van der Waals surface area (Å²) in [6.07, 6.45) is 0. The molecule has 0 bridgehead atoms. The maximum absolute atomic E-state index is 12.0. The van der Waals surface area contributed by atoms with Crippen molar-refractivity contribution in [1.82, 2.24) is 15.5 Å². The standard InChI is InChI=1S/C14H21N3O/c1-11-4-3-5-12(8-11)14(18)16-10-13-9-15-6-7-17(13)2/h3-5,8,13,15H,6-7,9-10H2,1-2H3,(H,16,18). The van der Waals surface area contributed by atoms with E-state index in [1.165, 1.54) is 0 Å². The number of piperazine rings is 1. The number of carbonyl (C=O) groups is 1. The van der Waals surface area contributed by atoms with E-state index in [1.54, 1.807) is 0 Å². The van der Waals surface area contributed by atoms with Crippen LogP contribution in [0.15, 0.2) is 24.3 Å². The Labute approximate surface area is 108 Å². The van der Waals surface area contributed by atoms with Crippen LogP contribution >= 0.6 is 0 Å². The molecule has 1 atom stereocenters. The van der Waals surface area contributed by atoms with Gasteiger partial charge in [0.1, 0.15) is 0 Å². The maximum Gasteiger partial charge on any atom is 0.251 e. The number of benzene rings is 1. The highest BCUT2D eigenvalue weighted by molar-refractivity contribution is 5.94. The molecule has 18 heavy (non-hydrogen) atoms. The number of nitrogens with one attached hydrogen (secondary N) is 2. The van der Waals surface area contributed by atoms with Crippen molar-refractivity contribution < 1.29 is 4.79 Å².